The first-order valence-electron chi connectivity index (χ1n) is 9.09. The first-order chi connectivity index (χ1) is 12.6. The zero-order valence-electron chi connectivity index (χ0n) is 15.2. The Bertz CT molecular complexity index is 688. The van der Waals surface area contributed by atoms with E-state index in [2.05, 4.69) is 23.5 Å². The Kier molecular flexibility index (Phi) is 7.64. The maximum Gasteiger partial charge on any atom is 0.266 e. The van der Waals surface area contributed by atoms with Gasteiger partial charge in [0, 0.05) is 25.3 Å². The van der Waals surface area contributed by atoms with Crippen LogP contribution in [0.2, 0.25) is 0 Å². The number of rotatable bonds is 8. The molecule has 0 radical (unpaired) electrons. The normalized spacial score (nSPS) is 14.9. The van der Waals surface area contributed by atoms with Gasteiger partial charge in [-0.1, -0.05) is 18.2 Å². The van der Waals surface area contributed by atoms with Crippen LogP contribution in [-0.2, 0) is 17.6 Å². The number of nitrogens with one attached hydrogen (secondary N) is 1. The van der Waals surface area contributed by atoms with Crippen LogP contribution in [0.4, 0.5) is 0 Å². The number of nitriles is 1. The highest BCUT2D eigenvalue weighted by atomic mass is 16.3. The van der Waals surface area contributed by atoms with Crippen molar-refractivity contribution in [3.8, 4) is 6.07 Å². The maximum atomic E-state index is 12.4. The number of aliphatic hydroxyl groups excluding tert-OH is 2. The number of benzene rings is 1. The molecular formula is C20H27N3O3. The lowest BCUT2D eigenvalue weighted by molar-refractivity contribution is -0.127. The first kappa shape index (κ1) is 20.0. The highest BCUT2D eigenvalue weighted by Gasteiger charge is 2.18. The molecule has 0 heterocycles. The van der Waals surface area contributed by atoms with E-state index in [1.807, 2.05) is 13.0 Å². The molecule has 6 heteroatoms. The predicted molar refractivity (Wildman–Crippen MR) is 99.1 cm³/mol. The molecule has 1 unspecified atom stereocenters. The molecule has 26 heavy (non-hydrogen) atoms. The summed E-state index contributed by atoms with van der Waals surface area (Å²) < 4.78 is 0. The Morgan fingerprint density at radius 3 is 2.54 bits per heavy atom. The Morgan fingerprint density at radius 2 is 1.92 bits per heavy atom. The lowest BCUT2D eigenvalue weighted by atomic mass is 9.89. The Morgan fingerprint density at radius 1 is 1.27 bits per heavy atom. The van der Waals surface area contributed by atoms with Crippen LogP contribution in [0, 0.1) is 11.3 Å². The largest absolute Gasteiger partial charge is 0.395 e. The number of amides is 1. The van der Waals surface area contributed by atoms with E-state index in [9.17, 15) is 10.1 Å². The number of hydrogen-bond donors (Lipinski definition) is 3. The number of aryl methyl sites for hydroxylation is 2. The van der Waals surface area contributed by atoms with Crippen LogP contribution >= 0.6 is 0 Å². The van der Waals surface area contributed by atoms with Gasteiger partial charge in [0.1, 0.15) is 11.6 Å². The summed E-state index contributed by atoms with van der Waals surface area (Å²) in [6.07, 6.45) is 6.13. The highest BCUT2D eigenvalue weighted by molar-refractivity contribution is 5.97. The van der Waals surface area contributed by atoms with Crippen molar-refractivity contribution in [3.05, 3.63) is 46.7 Å². The van der Waals surface area contributed by atoms with Crippen LogP contribution in [0.15, 0.2) is 30.0 Å². The maximum absolute atomic E-state index is 12.4. The van der Waals surface area contributed by atoms with Crippen molar-refractivity contribution in [1.82, 2.24) is 10.2 Å². The Labute approximate surface area is 154 Å². The summed E-state index contributed by atoms with van der Waals surface area (Å²) in [6.45, 7) is 1.71. The Balaban J connectivity index is 2.07. The second kappa shape index (κ2) is 9.95. The number of hydrogen-bond acceptors (Lipinski definition) is 5. The van der Waals surface area contributed by atoms with Crippen LogP contribution < -0.4 is 5.32 Å². The van der Waals surface area contributed by atoms with Gasteiger partial charge in [-0.25, -0.2) is 0 Å². The fourth-order valence-electron chi connectivity index (χ4n) is 3.20. The lowest BCUT2D eigenvalue weighted by Crippen LogP contribution is -2.37. The zero-order chi connectivity index (χ0) is 18.9. The van der Waals surface area contributed by atoms with Crippen molar-refractivity contribution in [3.63, 3.8) is 0 Å². The lowest BCUT2D eigenvalue weighted by Gasteiger charge is -2.21. The van der Waals surface area contributed by atoms with Gasteiger partial charge in [0.2, 0.25) is 0 Å². The van der Waals surface area contributed by atoms with Crippen LogP contribution in [0.5, 0.6) is 0 Å². The monoisotopic (exact) mass is 357 g/mol. The zero-order valence-corrected chi connectivity index (χ0v) is 15.2. The van der Waals surface area contributed by atoms with Crippen LogP contribution in [0.1, 0.15) is 42.5 Å². The van der Waals surface area contributed by atoms with E-state index >= 15 is 0 Å². The van der Waals surface area contributed by atoms with E-state index in [0.29, 0.717) is 0 Å². The molecular weight excluding hydrogens is 330 g/mol. The molecule has 0 saturated heterocycles. The van der Waals surface area contributed by atoms with Crippen LogP contribution in [-0.4, -0.2) is 47.3 Å². The predicted octanol–water partition coefficient (Wildman–Crippen LogP) is 1.44. The van der Waals surface area contributed by atoms with Gasteiger partial charge in [0.05, 0.1) is 13.2 Å². The molecule has 1 aliphatic rings. The van der Waals surface area contributed by atoms with Gasteiger partial charge in [0.25, 0.3) is 5.91 Å². The summed E-state index contributed by atoms with van der Waals surface area (Å²) in [4.78, 5) is 13.6. The molecule has 0 fully saturated rings. The molecule has 0 aliphatic heterocycles. The molecule has 3 N–H and O–H groups in total. The fourth-order valence-corrected chi connectivity index (χ4v) is 3.20. The molecule has 1 amide bonds. The van der Waals surface area contributed by atoms with E-state index in [0.717, 1.165) is 18.4 Å². The average molecular weight is 357 g/mol. The second-order valence-corrected chi connectivity index (χ2v) is 6.53. The van der Waals surface area contributed by atoms with Gasteiger partial charge >= 0.3 is 0 Å². The number of carbonyl (C=O) groups is 1. The number of carbonyl (C=O) groups excluding carboxylic acids is 1. The van der Waals surface area contributed by atoms with Gasteiger partial charge in [-0.3, -0.25) is 4.79 Å². The summed E-state index contributed by atoms with van der Waals surface area (Å²) in [7, 11) is 0. The molecule has 1 aromatic rings. The molecule has 0 aromatic heterocycles. The topological polar surface area (TPSA) is 96.6 Å². The van der Waals surface area contributed by atoms with E-state index in [4.69, 9.17) is 10.2 Å². The molecule has 2 rings (SSSR count). The molecule has 0 saturated carbocycles. The number of fused-ring (bicyclic) bond motifs is 1. The highest BCUT2D eigenvalue weighted by Crippen LogP contribution is 2.24. The summed E-state index contributed by atoms with van der Waals surface area (Å²) in [6, 6.07) is 8.33. The third kappa shape index (κ3) is 5.07. The molecule has 1 atom stereocenters. The minimum Gasteiger partial charge on any atom is -0.395 e. The van der Waals surface area contributed by atoms with Crippen molar-refractivity contribution in [1.29, 1.82) is 5.26 Å². The molecule has 6 nitrogen and oxygen atoms in total. The molecule has 0 bridgehead atoms. The second-order valence-electron chi connectivity index (χ2n) is 6.53. The van der Waals surface area contributed by atoms with Crippen molar-refractivity contribution >= 4 is 5.91 Å². The van der Waals surface area contributed by atoms with Crippen LogP contribution in [0.25, 0.3) is 0 Å². The average Bonchev–Trinajstić information content (AvgIpc) is 2.67. The molecule has 0 spiro atoms. The fraction of sp³-hybridized carbons (Fsp3) is 0.500. The van der Waals surface area contributed by atoms with Gasteiger partial charge in [0.15, 0.2) is 0 Å². The third-order valence-electron chi connectivity index (χ3n) is 4.73. The van der Waals surface area contributed by atoms with Crippen molar-refractivity contribution in [2.75, 3.05) is 26.3 Å². The van der Waals surface area contributed by atoms with Gasteiger partial charge in [-0.15, -0.1) is 0 Å². The van der Waals surface area contributed by atoms with E-state index in [1.54, 1.807) is 0 Å². The van der Waals surface area contributed by atoms with E-state index in [1.165, 1.54) is 35.1 Å². The SMILES string of the molecule is CC(N/C=C(/C#N)C(=O)N(CCO)CCO)c1ccc2c(c1)CCCC2. The number of nitrogens with zero attached hydrogens (tertiary/aromatic N) is 2. The molecule has 1 aromatic carbocycles. The standard InChI is InChI=1S/C20H27N3O3/c1-15(17-7-6-16-4-2-3-5-18(16)12-17)22-14-19(13-21)20(26)23(8-10-24)9-11-25/h6-7,12,14-15,22,24-25H,2-5,8-11H2,1H3/b19-14-. The van der Waals surface area contributed by atoms with Gasteiger partial charge in [-0.05, 0) is 49.3 Å². The summed E-state index contributed by atoms with van der Waals surface area (Å²) in [5.74, 6) is -0.499. The minimum absolute atomic E-state index is 0.0393. The number of aliphatic hydroxyl groups is 2. The summed E-state index contributed by atoms with van der Waals surface area (Å²) >= 11 is 0. The smallest absolute Gasteiger partial charge is 0.266 e. The van der Waals surface area contributed by atoms with E-state index in [-0.39, 0.29) is 37.9 Å². The van der Waals surface area contributed by atoms with Gasteiger partial charge in [-0.2, -0.15) is 5.26 Å². The molecule has 1 aliphatic carbocycles. The Hall–Kier alpha value is -2.36. The third-order valence-corrected chi connectivity index (χ3v) is 4.73. The summed E-state index contributed by atoms with van der Waals surface area (Å²) in [5, 5.41) is 30.5. The van der Waals surface area contributed by atoms with Crippen LogP contribution in [0.3, 0.4) is 0 Å². The first-order valence-corrected chi connectivity index (χ1v) is 9.09. The van der Waals surface area contributed by atoms with Gasteiger partial charge < -0.3 is 20.4 Å². The summed E-state index contributed by atoms with van der Waals surface area (Å²) in [5.41, 5.74) is 3.88. The van der Waals surface area contributed by atoms with Crippen molar-refractivity contribution < 1.29 is 15.0 Å². The van der Waals surface area contributed by atoms with E-state index < -0.39 is 5.91 Å². The molecule has 140 valence electrons. The quantitative estimate of drug-likeness (QED) is 0.483. The van der Waals surface area contributed by atoms with Crippen molar-refractivity contribution in [2.45, 2.75) is 38.6 Å². The van der Waals surface area contributed by atoms with Crippen molar-refractivity contribution in [2.24, 2.45) is 0 Å². The minimum atomic E-state index is -0.499.